The number of carbonyl (C=O) groups is 1. The predicted octanol–water partition coefficient (Wildman–Crippen LogP) is 5.31. The number of nitriles is 1. The van der Waals surface area contributed by atoms with Crippen LogP contribution in [0.2, 0.25) is 0 Å². The van der Waals surface area contributed by atoms with Crippen molar-refractivity contribution in [3.63, 3.8) is 0 Å². The SMILES string of the molecule is CCc1cccc(OCC(=O)Oc2cccc(/C=C(/C#N)c3ccccc3OC)c2)c1. The smallest absolute Gasteiger partial charge is 0.349 e. The summed E-state index contributed by atoms with van der Waals surface area (Å²) in [6.45, 7) is 1.86. The lowest BCUT2D eigenvalue weighted by molar-refractivity contribution is -0.136. The summed E-state index contributed by atoms with van der Waals surface area (Å²) >= 11 is 0. The Hall–Kier alpha value is -4.04. The minimum absolute atomic E-state index is 0.197. The number of ether oxygens (including phenoxy) is 3. The predicted molar refractivity (Wildman–Crippen MR) is 120 cm³/mol. The van der Waals surface area contributed by atoms with Crippen molar-refractivity contribution in [2.75, 3.05) is 13.7 Å². The number of para-hydroxylation sites is 1. The lowest BCUT2D eigenvalue weighted by Gasteiger charge is -2.09. The van der Waals surface area contributed by atoms with Crippen LogP contribution in [0.15, 0.2) is 72.8 Å². The first-order valence-electron chi connectivity index (χ1n) is 9.90. The number of rotatable bonds is 8. The molecule has 0 spiro atoms. The highest BCUT2D eigenvalue weighted by molar-refractivity contribution is 5.91. The summed E-state index contributed by atoms with van der Waals surface area (Å²) in [6.07, 6.45) is 2.61. The maximum Gasteiger partial charge on any atom is 0.349 e. The molecule has 156 valence electrons. The highest BCUT2D eigenvalue weighted by atomic mass is 16.6. The second kappa shape index (κ2) is 10.7. The number of hydrogen-bond acceptors (Lipinski definition) is 5. The molecule has 0 aliphatic rings. The van der Waals surface area contributed by atoms with Crippen molar-refractivity contribution >= 4 is 17.6 Å². The van der Waals surface area contributed by atoms with Gasteiger partial charge in [0.2, 0.25) is 0 Å². The van der Waals surface area contributed by atoms with Gasteiger partial charge in [-0.2, -0.15) is 5.26 Å². The van der Waals surface area contributed by atoms with Crippen LogP contribution in [-0.2, 0) is 11.2 Å². The molecule has 0 aliphatic carbocycles. The number of esters is 1. The first-order valence-corrected chi connectivity index (χ1v) is 9.90. The number of benzene rings is 3. The van der Waals surface area contributed by atoms with Crippen molar-refractivity contribution in [2.45, 2.75) is 13.3 Å². The monoisotopic (exact) mass is 413 g/mol. The van der Waals surface area contributed by atoms with Gasteiger partial charge in [0.1, 0.15) is 17.2 Å². The minimum atomic E-state index is -0.506. The van der Waals surface area contributed by atoms with Gasteiger partial charge in [-0.15, -0.1) is 0 Å². The fourth-order valence-electron chi connectivity index (χ4n) is 3.03. The van der Waals surface area contributed by atoms with Crippen LogP contribution in [0.4, 0.5) is 0 Å². The fourth-order valence-corrected chi connectivity index (χ4v) is 3.03. The third-order valence-corrected chi connectivity index (χ3v) is 4.58. The third-order valence-electron chi connectivity index (χ3n) is 4.58. The molecule has 3 aromatic carbocycles. The van der Waals surface area contributed by atoms with Crippen LogP contribution in [0, 0.1) is 11.3 Å². The van der Waals surface area contributed by atoms with Crippen molar-refractivity contribution in [1.29, 1.82) is 5.26 Å². The molecule has 5 nitrogen and oxygen atoms in total. The van der Waals surface area contributed by atoms with Crippen molar-refractivity contribution < 1.29 is 19.0 Å². The van der Waals surface area contributed by atoms with Gasteiger partial charge in [0.15, 0.2) is 6.61 Å². The summed E-state index contributed by atoms with van der Waals surface area (Å²) in [5, 5.41) is 9.62. The molecule has 0 atom stereocenters. The van der Waals surface area contributed by atoms with Gasteiger partial charge in [0.05, 0.1) is 18.8 Å². The Morgan fingerprint density at radius 1 is 1.00 bits per heavy atom. The molecule has 0 heterocycles. The van der Waals surface area contributed by atoms with Crippen LogP contribution in [0.5, 0.6) is 17.2 Å². The molecular weight excluding hydrogens is 390 g/mol. The summed E-state index contributed by atoms with van der Waals surface area (Å²) in [7, 11) is 1.56. The van der Waals surface area contributed by atoms with Gasteiger partial charge in [-0.25, -0.2) is 4.79 Å². The van der Waals surface area contributed by atoms with Gasteiger partial charge in [0.25, 0.3) is 0 Å². The Morgan fingerprint density at radius 3 is 2.55 bits per heavy atom. The topological polar surface area (TPSA) is 68.5 Å². The summed E-state index contributed by atoms with van der Waals surface area (Å²) in [5.41, 5.74) is 3.00. The molecule has 3 aromatic rings. The van der Waals surface area contributed by atoms with E-state index >= 15 is 0 Å². The number of hydrogen-bond donors (Lipinski definition) is 0. The molecule has 0 unspecified atom stereocenters. The van der Waals surface area contributed by atoms with E-state index in [1.54, 1.807) is 43.5 Å². The number of allylic oxidation sites excluding steroid dienone is 1. The molecule has 0 aromatic heterocycles. The molecule has 0 bridgehead atoms. The Labute approximate surface area is 182 Å². The van der Waals surface area contributed by atoms with E-state index < -0.39 is 5.97 Å². The van der Waals surface area contributed by atoms with E-state index in [0.717, 1.165) is 17.5 Å². The zero-order chi connectivity index (χ0) is 22.1. The Balaban J connectivity index is 1.70. The highest BCUT2D eigenvalue weighted by Gasteiger charge is 2.10. The van der Waals surface area contributed by atoms with E-state index in [-0.39, 0.29) is 6.61 Å². The van der Waals surface area contributed by atoms with Gasteiger partial charge in [-0.1, -0.05) is 43.3 Å². The molecule has 0 N–H and O–H groups in total. The van der Waals surface area contributed by atoms with Gasteiger partial charge < -0.3 is 14.2 Å². The summed E-state index contributed by atoms with van der Waals surface area (Å²) in [6, 6.07) is 24.1. The van der Waals surface area contributed by atoms with Gasteiger partial charge >= 0.3 is 5.97 Å². The number of methoxy groups -OCH3 is 1. The van der Waals surface area contributed by atoms with E-state index in [4.69, 9.17) is 14.2 Å². The van der Waals surface area contributed by atoms with Crippen LogP contribution >= 0.6 is 0 Å². The number of nitrogens with zero attached hydrogens (tertiary/aromatic N) is 1. The standard InChI is InChI=1S/C26H23NO4/c1-3-19-8-6-10-22(15-19)30-18-26(28)31-23-11-7-9-20(16-23)14-21(17-27)24-12-4-5-13-25(24)29-2/h4-16H,3,18H2,1-2H3/b21-14-. The maximum atomic E-state index is 12.2. The number of carbonyl (C=O) groups excluding carboxylic acids is 1. The van der Waals surface area contributed by atoms with Crippen molar-refractivity contribution in [3.8, 4) is 23.3 Å². The molecule has 0 saturated heterocycles. The van der Waals surface area contributed by atoms with E-state index in [2.05, 4.69) is 13.0 Å². The van der Waals surface area contributed by atoms with E-state index in [9.17, 15) is 10.1 Å². The minimum Gasteiger partial charge on any atom is -0.496 e. The van der Waals surface area contributed by atoms with Crippen LogP contribution in [0.3, 0.4) is 0 Å². The Bertz CT molecular complexity index is 1130. The Kier molecular flexibility index (Phi) is 7.45. The zero-order valence-corrected chi connectivity index (χ0v) is 17.5. The second-order valence-corrected chi connectivity index (χ2v) is 6.71. The molecule has 31 heavy (non-hydrogen) atoms. The van der Waals surface area contributed by atoms with Crippen LogP contribution < -0.4 is 14.2 Å². The zero-order valence-electron chi connectivity index (χ0n) is 17.5. The van der Waals surface area contributed by atoms with E-state index in [1.807, 2.05) is 42.5 Å². The first kappa shape index (κ1) is 21.7. The lowest BCUT2D eigenvalue weighted by atomic mass is 10.0. The molecular formula is C26H23NO4. The Morgan fingerprint density at radius 2 is 1.77 bits per heavy atom. The largest absolute Gasteiger partial charge is 0.496 e. The average Bonchev–Trinajstić information content (AvgIpc) is 2.81. The van der Waals surface area contributed by atoms with Crippen molar-refractivity contribution in [2.24, 2.45) is 0 Å². The van der Waals surface area contributed by atoms with Gasteiger partial charge in [-0.05, 0) is 60.0 Å². The highest BCUT2D eigenvalue weighted by Crippen LogP contribution is 2.27. The lowest BCUT2D eigenvalue weighted by Crippen LogP contribution is -2.17. The molecule has 0 fully saturated rings. The molecule has 0 radical (unpaired) electrons. The van der Waals surface area contributed by atoms with Gasteiger partial charge in [-0.3, -0.25) is 0 Å². The van der Waals surface area contributed by atoms with E-state index in [1.165, 1.54) is 0 Å². The number of aryl methyl sites for hydroxylation is 1. The van der Waals surface area contributed by atoms with Crippen LogP contribution in [0.25, 0.3) is 11.6 Å². The first-order chi connectivity index (χ1) is 15.1. The van der Waals surface area contributed by atoms with Crippen LogP contribution in [-0.4, -0.2) is 19.7 Å². The molecule has 0 saturated carbocycles. The van der Waals surface area contributed by atoms with Gasteiger partial charge in [0, 0.05) is 5.56 Å². The summed E-state index contributed by atoms with van der Waals surface area (Å²) < 4.78 is 16.3. The quantitative estimate of drug-likeness (QED) is 0.217. The van der Waals surface area contributed by atoms with Crippen molar-refractivity contribution in [3.05, 3.63) is 89.5 Å². The average molecular weight is 413 g/mol. The van der Waals surface area contributed by atoms with Crippen LogP contribution in [0.1, 0.15) is 23.6 Å². The summed E-state index contributed by atoms with van der Waals surface area (Å²) in [5.74, 6) is 1.11. The molecule has 0 aliphatic heterocycles. The fraction of sp³-hybridized carbons (Fsp3) is 0.154. The molecule has 3 rings (SSSR count). The third kappa shape index (κ3) is 5.97. The van der Waals surface area contributed by atoms with Crippen molar-refractivity contribution in [1.82, 2.24) is 0 Å². The van der Waals surface area contributed by atoms with E-state index in [0.29, 0.717) is 28.4 Å². The molecule has 5 heteroatoms. The second-order valence-electron chi connectivity index (χ2n) is 6.71. The maximum absolute atomic E-state index is 12.2. The molecule has 0 amide bonds. The normalized spacial score (nSPS) is 10.8. The summed E-state index contributed by atoms with van der Waals surface area (Å²) in [4.78, 5) is 12.2.